The Labute approximate surface area is 133 Å². The van der Waals surface area contributed by atoms with Gasteiger partial charge in [0.1, 0.15) is 6.10 Å². The Bertz CT molecular complexity index is 525. The van der Waals surface area contributed by atoms with Crippen LogP contribution in [0, 0.1) is 17.3 Å². The van der Waals surface area contributed by atoms with Crippen molar-refractivity contribution in [3.63, 3.8) is 0 Å². The Morgan fingerprint density at radius 1 is 1.14 bits per heavy atom. The number of carbonyl (C=O) groups is 1. The Morgan fingerprint density at radius 2 is 1.82 bits per heavy atom. The molecule has 3 nitrogen and oxygen atoms in total. The predicted molar refractivity (Wildman–Crippen MR) is 88.3 cm³/mol. The standard InChI is InChI=1S/C19H28O3/c1-12-5-6-15-16(19(15,3)4)7-8-17(21)18(22)11-13(2)10-14(20)9-12/h7-9,11,14-16,18,20,22H,5-6,10H2,1-4H3. The number of allylic oxidation sites excluding steroid dienone is 2. The summed E-state index contributed by atoms with van der Waals surface area (Å²) in [5.41, 5.74) is 2.25. The van der Waals surface area contributed by atoms with Crippen LogP contribution in [-0.2, 0) is 4.79 Å². The van der Waals surface area contributed by atoms with Crippen LogP contribution >= 0.6 is 0 Å². The van der Waals surface area contributed by atoms with Gasteiger partial charge < -0.3 is 10.2 Å². The smallest absolute Gasteiger partial charge is 0.187 e. The average molecular weight is 304 g/mol. The normalized spacial score (nSPS) is 36.0. The van der Waals surface area contributed by atoms with E-state index in [4.69, 9.17) is 0 Å². The summed E-state index contributed by atoms with van der Waals surface area (Å²) in [7, 11) is 0. The molecule has 1 fully saturated rings. The Balaban J connectivity index is 2.22. The molecule has 2 N–H and O–H groups in total. The average Bonchev–Trinajstić information content (AvgIpc) is 2.92. The molecular formula is C19H28O3. The van der Waals surface area contributed by atoms with Crippen LogP contribution in [0.15, 0.2) is 35.5 Å². The molecule has 122 valence electrons. The molecule has 0 spiro atoms. The van der Waals surface area contributed by atoms with Crippen molar-refractivity contribution in [3.8, 4) is 0 Å². The van der Waals surface area contributed by atoms with Crippen molar-refractivity contribution in [1.29, 1.82) is 0 Å². The monoisotopic (exact) mass is 304 g/mol. The molecule has 0 aliphatic heterocycles. The van der Waals surface area contributed by atoms with Gasteiger partial charge in [0.25, 0.3) is 0 Å². The molecule has 0 saturated heterocycles. The number of carbonyl (C=O) groups excluding carboxylic acids is 1. The summed E-state index contributed by atoms with van der Waals surface area (Å²) in [6.45, 7) is 8.35. The quantitative estimate of drug-likeness (QED) is 0.676. The maximum Gasteiger partial charge on any atom is 0.187 e. The SMILES string of the molecule is CC1=CC(O)CC(C)=CC(O)C(=O)C=CC2C(CC1)C2(C)C. The fraction of sp³-hybridized carbons (Fsp3) is 0.632. The van der Waals surface area contributed by atoms with Gasteiger partial charge in [-0.25, -0.2) is 0 Å². The number of rotatable bonds is 0. The molecule has 1 saturated carbocycles. The largest absolute Gasteiger partial charge is 0.389 e. The molecule has 2 rings (SSSR count). The first-order valence-corrected chi connectivity index (χ1v) is 8.14. The molecule has 0 aromatic rings. The zero-order valence-electron chi connectivity index (χ0n) is 14.0. The second kappa shape index (κ2) is 6.51. The summed E-state index contributed by atoms with van der Waals surface area (Å²) in [5, 5.41) is 20.0. The molecule has 0 radical (unpaired) electrons. The third kappa shape index (κ3) is 3.96. The van der Waals surface area contributed by atoms with E-state index in [9.17, 15) is 15.0 Å². The van der Waals surface area contributed by atoms with Crippen molar-refractivity contribution < 1.29 is 15.0 Å². The van der Waals surface area contributed by atoms with Crippen molar-refractivity contribution in [2.24, 2.45) is 17.3 Å². The van der Waals surface area contributed by atoms with E-state index in [1.165, 1.54) is 11.6 Å². The summed E-state index contributed by atoms with van der Waals surface area (Å²) in [6.07, 6.45) is 7.78. The first-order valence-electron chi connectivity index (χ1n) is 8.14. The Kier molecular flexibility index (Phi) is 5.08. The molecule has 2 aliphatic carbocycles. The van der Waals surface area contributed by atoms with Gasteiger partial charge in [-0.3, -0.25) is 4.79 Å². The van der Waals surface area contributed by atoms with Crippen LogP contribution in [0.5, 0.6) is 0 Å². The van der Waals surface area contributed by atoms with Crippen molar-refractivity contribution in [2.45, 2.75) is 59.2 Å². The Hall–Kier alpha value is -1.19. The topological polar surface area (TPSA) is 57.5 Å². The molecule has 2 aliphatic rings. The lowest BCUT2D eigenvalue weighted by Crippen LogP contribution is -2.16. The van der Waals surface area contributed by atoms with Crippen molar-refractivity contribution in [1.82, 2.24) is 0 Å². The van der Waals surface area contributed by atoms with Crippen molar-refractivity contribution in [3.05, 3.63) is 35.5 Å². The summed E-state index contributed by atoms with van der Waals surface area (Å²) in [5.74, 6) is 0.683. The molecule has 4 unspecified atom stereocenters. The van der Waals surface area contributed by atoms with Crippen LogP contribution in [0.25, 0.3) is 0 Å². The number of aliphatic hydroxyl groups excluding tert-OH is 2. The summed E-state index contributed by atoms with van der Waals surface area (Å²) < 4.78 is 0. The molecule has 3 heteroatoms. The highest BCUT2D eigenvalue weighted by atomic mass is 16.3. The minimum absolute atomic E-state index is 0.215. The first-order chi connectivity index (χ1) is 10.2. The van der Waals surface area contributed by atoms with Gasteiger partial charge in [0.05, 0.1) is 6.10 Å². The van der Waals surface area contributed by atoms with E-state index in [-0.39, 0.29) is 11.2 Å². The highest BCUT2D eigenvalue weighted by molar-refractivity contribution is 5.94. The second-order valence-corrected chi connectivity index (χ2v) is 7.50. The number of hydrogen-bond acceptors (Lipinski definition) is 3. The maximum atomic E-state index is 12.0. The molecule has 0 amide bonds. The van der Waals surface area contributed by atoms with Gasteiger partial charge in [0.15, 0.2) is 5.78 Å². The summed E-state index contributed by atoms with van der Waals surface area (Å²) in [4.78, 5) is 12.0. The van der Waals surface area contributed by atoms with E-state index in [1.807, 2.05) is 19.1 Å². The number of ketones is 1. The lowest BCUT2D eigenvalue weighted by Gasteiger charge is -2.11. The van der Waals surface area contributed by atoms with Gasteiger partial charge in [-0.2, -0.15) is 0 Å². The second-order valence-electron chi connectivity index (χ2n) is 7.50. The van der Waals surface area contributed by atoms with E-state index in [1.54, 1.807) is 6.08 Å². The Morgan fingerprint density at radius 3 is 2.50 bits per heavy atom. The lowest BCUT2D eigenvalue weighted by molar-refractivity contribution is -0.120. The number of fused-ring (bicyclic) bond motifs is 1. The molecule has 4 atom stereocenters. The fourth-order valence-electron chi connectivity index (χ4n) is 3.62. The highest BCUT2D eigenvalue weighted by Gasteiger charge is 2.55. The van der Waals surface area contributed by atoms with Crippen LogP contribution in [0.2, 0.25) is 0 Å². The fourth-order valence-corrected chi connectivity index (χ4v) is 3.62. The van der Waals surface area contributed by atoms with Gasteiger partial charge in [0, 0.05) is 0 Å². The van der Waals surface area contributed by atoms with Gasteiger partial charge in [-0.1, -0.05) is 37.1 Å². The number of hydrogen-bond donors (Lipinski definition) is 2. The highest BCUT2D eigenvalue weighted by Crippen LogP contribution is 2.61. The zero-order valence-corrected chi connectivity index (χ0v) is 14.0. The van der Waals surface area contributed by atoms with E-state index in [0.29, 0.717) is 18.3 Å². The van der Waals surface area contributed by atoms with Gasteiger partial charge >= 0.3 is 0 Å². The van der Waals surface area contributed by atoms with E-state index >= 15 is 0 Å². The molecule has 0 bridgehead atoms. The third-order valence-corrected chi connectivity index (χ3v) is 5.20. The third-order valence-electron chi connectivity index (χ3n) is 5.20. The van der Waals surface area contributed by atoms with Crippen LogP contribution in [-0.4, -0.2) is 28.2 Å². The lowest BCUT2D eigenvalue weighted by atomic mass is 10.0. The van der Waals surface area contributed by atoms with Crippen LogP contribution in [0.3, 0.4) is 0 Å². The molecular weight excluding hydrogens is 276 g/mol. The van der Waals surface area contributed by atoms with Crippen LogP contribution in [0.4, 0.5) is 0 Å². The zero-order chi connectivity index (χ0) is 16.5. The minimum Gasteiger partial charge on any atom is -0.389 e. The van der Waals surface area contributed by atoms with E-state index in [0.717, 1.165) is 18.4 Å². The van der Waals surface area contributed by atoms with Crippen molar-refractivity contribution >= 4 is 5.78 Å². The maximum absolute atomic E-state index is 12.0. The van der Waals surface area contributed by atoms with E-state index in [2.05, 4.69) is 20.8 Å². The summed E-state index contributed by atoms with van der Waals surface area (Å²) >= 11 is 0. The minimum atomic E-state index is -1.11. The van der Waals surface area contributed by atoms with Crippen LogP contribution < -0.4 is 0 Å². The summed E-state index contributed by atoms with van der Waals surface area (Å²) in [6, 6.07) is 0. The van der Waals surface area contributed by atoms with E-state index < -0.39 is 12.2 Å². The van der Waals surface area contributed by atoms with Crippen LogP contribution in [0.1, 0.15) is 47.0 Å². The van der Waals surface area contributed by atoms with Gasteiger partial charge in [0.2, 0.25) is 0 Å². The number of aliphatic hydroxyl groups is 2. The van der Waals surface area contributed by atoms with Gasteiger partial charge in [-0.15, -0.1) is 0 Å². The van der Waals surface area contributed by atoms with Crippen molar-refractivity contribution in [2.75, 3.05) is 0 Å². The molecule has 22 heavy (non-hydrogen) atoms. The molecule has 0 aromatic heterocycles. The predicted octanol–water partition coefficient (Wildman–Crippen LogP) is 3.18. The van der Waals surface area contributed by atoms with Gasteiger partial charge in [-0.05, 0) is 62.5 Å². The molecule has 0 heterocycles. The first kappa shape index (κ1) is 17.2. The molecule has 0 aromatic carbocycles.